The van der Waals surface area contributed by atoms with Crippen LogP contribution in [0.5, 0.6) is 5.75 Å². The Kier molecular flexibility index (Phi) is 6.61. The zero-order valence-corrected chi connectivity index (χ0v) is 20.3. The summed E-state index contributed by atoms with van der Waals surface area (Å²) in [4.78, 5) is 19.5. The van der Waals surface area contributed by atoms with Gasteiger partial charge in [0.1, 0.15) is 5.75 Å². The Bertz CT molecular complexity index is 1220. The first-order chi connectivity index (χ1) is 17.1. The normalized spacial score (nSPS) is 18.3. The molecule has 0 saturated carbocycles. The van der Waals surface area contributed by atoms with E-state index in [0.29, 0.717) is 31.7 Å². The van der Waals surface area contributed by atoms with Crippen molar-refractivity contribution in [3.63, 3.8) is 0 Å². The average molecular weight is 469 g/mol. The maximum atomic E-state index is 12.9. The zero-order valence-electron chi connectivity index (χ0n) is 20.3. The Morgan fingerprint density at radius 1 is 0.943 bits per heavy atom. The molecule has 0 spiro atoms. The first kappa shape index (κ1) is 23.2. The fraction of sp³-hybridized carbons (Fsp3) is 0.379. The summed E-state index contributed by atoms with van der Waals surface area (Å²) in [5, 5.41) is 12.2. The summed E-state index contributed by atoms with van der Waals surface area (Å²) < 4.78 is 5.97. The monoisotopic (exact) mass is 468 g/mol. The van der Waals surface area contributed by atoms with E-state index in [-0.39, 0.29) is 12.5 Å². The second kappa shape index (κ2) is 9.97. The largest absolute Gasteiger partial charge is 0.484 e. The second-order valence-corrected chi connectivity index (χ2v) is 9.68. The summed E-state index contributed by atoms with van der Waals surface area (Å²) in [7, 11) is 2.16. The topological polar surface area (TPSA) is 59.8 Å². The Hall–Kier alpha value is -3.56. The van der Waals surface area contributed by atoms with Gasteiger partial charge in [-0.3, -0.25) is 4.79 Å². The number of nitriles is 1. The summed E-state index contributed by atoms with van der Waals surface area (Å²) in [6, 6.07) is 24.9. The standard InChI is InChI=1S/C29H32N4O2/c1-31-16-18-32(19-17-31)27-9-5-6-23-10-11-25(20-26(23)27)35-21-28(34)33-14-12-29(22-30,13-15-33)24-7-3-2-4-8-24/h2-11,20H,12-19,21H2,1H3. The summed E-state index contributed by atoms with van der Waals surface area (Å²) in [5.74, 6) is 0.678. The van der Waals surface area contributed by atoms with E-state index in [1.165, 1.54) is 11.1 Å². The van der Waals surface area contributed by atoms with Gasteiger partial charge >= 0.3 is 0 Å². The van der Waals surface area contributed by atoms with Gasteiger partial charge in [0.05, 0.1) is 11.5 Å². The van der Waals surface area contributed by atoms with Crippen LogP contribution in [0, 0.1) is 11.3 Å². The molecular formula is C29H32N4O2. The molecule has 5 rings (SSSR count). The number of carbonyl (C=O) groups is 1. The quantitative estimate of drug-likeness (QED) is 0.565. The van der Waals surface area contributed by atoms with Crippen molar-refractivity contribution in [3.8, 4) is 11.8 Å². The summed E-state index contributed by atoms with van der Waals surface area (Å²) in [5.41, 5.74) is 1.74. The van der Waals surface area contributed by atoms with Gasteiger partial charge < -0.3 is 19.4 Å². The highest BCUT2D eigenvalue weighted by Gasteiger charge is 2.37. The van der Waals surface area contributed by atoms with Crippen LogP contribution in [-0.2, 0) is 10.2 Å². The van der Waals surface area contributed by atoms with E-state index in [2.05, 4.69) is 53.2 Å². The molecule has 0 bridgehead atoms. The summed E-state index contributed by atoms with van der Waals surface area (Å²) >= 11 is 0. The van der Waals surface area contributed by atoms with E-state index >= 15 is 0 Å². The third kappa shape index (κ3) is 4.82. The number of benzene rings is 3. The van der Waals surface area contributed by atoms with Crippen molar-refractivity contribution in [2.24, 2.45) is 0 Å². The summed E-state index contributed by atoms with van der Waals surface area (Å²) in [6.07, 6.45) is 1.28. The molecule has 0 aromatic heterocycles. The number of anilines is 1. The first-order valence-corrected chi connectivity index (χ1v) is 12.4. The molecule has 2 aliphatic rings. The van der Waals surface area contributed by atoms with Crippen molar-refractivity contribution in [1.82, 2.24) is 9.80 Å². The first-order valence-electron chi connectivity index (χ1n) is 12.4. The van der Waals surface area contributed by atoms with Gasteiger partial charge in [-0.15, -0.1) is 0 Å². The van der Waals surface area contributed by atoms with Crippen LogP contribution in [0.25, 0.3) is 10.8 Å². The third-order valence-electron chi connectivity index (χ3n) is 7.55. The maximum Gasteiger partial charge on any atom is 0.260 e. The zero-order chi connectivity index (χ0) is 24.3. The molecule has 0 N–H and O–H groups in total. The number of likely N-dealkylation sites (N-methyl/N-ethyl adjacent to an activating group) is 1. The Morgan fingerprint density at radius 2 is 1.69 bits per heavy atom. The summed E-state index contributed by atoms with van der Waals surface area (Å²) in [6.45, 7) is 5.24. The van der Waals surface area contributed by atoms with Gasteiger partial charge in [-0.1, -0.05) is 48.5 Å². The van der Waals surface area contributed by atoms with Crippen LogP contribution < -0.4 is 9.64 Å². The maximum absolute atomic E-state index is 12.9. The predicted octanol–water partition coefficient (Wildman–Crippen LogP) is 4.05. The number of rotatable bonds is 5. The van der Waals surface area contributed by atoms with Crippen molar-refractivity contribution >= 4 is 22.4 Å². The third-order valence-corrected chi connectivity index (χ3v) is 7.55. The number of ether oxygens (including phenoxy) is 1. The molecule has 0 radical (unpaired) electrons. The van der Waals surface area contributed by atoms with Crippen molar-refractivity contribution < 1.29 is 9.53 Å². The number of nitrogens with zero attached hydrogens (tertiary/aromatic N) is 4. The number of piperidine rings is 1. The number of fused-ring (bicyclic) bond motifs is 1. The predicted molar refractivity (Wildman–Crippen MR) is 139 cm³/mol. The molecule has 3 aromatic carbocycles. The molecule has 0 aliphatic carbocycles. The molecule has 6 heteroatoms. The molecular weight excluding hydrogens is 436 g/mol. The van der Waals surface area contributed by atoms with Crippen molar-refractivity contribution in [2.45, 2.75) is 18.3 Å². The highest BCUT2D eigenvalue weighted by atomic mass is 16.5. The van der Waals surface area contributed by atoms with Crippen molar-refractivity contribution in [3.05, 3.63) is 72.3 Å². The number of likely N-dealkylation sites (tertiary alicyclic amines) is 1. The Morgan fingerprint density at radius 3 is 2.40 bits per heavy atom. The lowest BCUT2D eigenvalue weighted by atomic mass is 9.74. The SMILES string of the molecule is CN1CCN(c2cccc3ccc(OCC(=O)N4CCC(C#N)(c5ccccc5)CC4)cc23)CC1. The van der Waals surface area contributed by atoms with Crippen molar-refractivity contribution in [1.29, 1.82) is 5.26 Å². The molecule has 35 heavy (non-hydrogen) atoms. The number of amides is 1. The molecule has 2 heterocycles. The van der Waals surface area contributed by atoms with Gasteiger partial charge in [0.25, 0.3) is 5.91 Å². The fourth-order valence-electron chi connectivity index (χ4n) is 5.24. The van der Waals surface area contributed by atoms with Crippen LogP contribution in [0.2, 0.25) is 0 Å². The number of piperazine rings is 1. The fourth-order valence-corrected chi connectivity index (χ4v) is 5.24. The molecule has 0 unspecified atom stereocenters. The van der Waals surface area contributed by atoms with Crippen LogP contribution in [-0.4, -0.2) is 68.6 Å². The smallest absolute Gasteiger partial charge is 0.260 e. The van der Waals surface area contributed by atoms with Crippen LogP contribution in [0.3, 0.4) is 0 Å². The van der Waals surface area contributed by atoms with E-state index in [4.69, 9.17) is 4.74 Å². The molecule has 2 fully saturated rings. The molecule has 3 aromatic rings. The van der Waals surface area contributed by atoms with Gasteiger partial charge in [-0.05, 0) is 49.0 Å². The van der Waals surface area contributed by atoms with Crippen LogP contribution in [0.1, 0.15) is 18.4 Å². The molecule has 2 aliphatic heterocycles. The lowest BCUT2D eigenvalue weighted by Gasteiger charge is -2.37. The lowest BCUT2D eigenvalue weighted by Crippen LogP contribution is -2.46. The van der Waals surface area contributed by atoms with E-state index in [0.717, 1.165) is 37.1 Å². The van der Waals surface area contributed by atoms with Gasteiger partial charge in [0.2, 0.25) is 0 Å². The molecule has 0 atom stereocenters. The minimum Gasteiger partial charge on any atom is -0.484 e. The Balaban J connectivity index is 1.23. The van der Waals surface area contributed by atoms with Gasteiger partial charge in [0.15, 0.2) is 6.61 Å². The molecule has 1 amide bonds. The van der Waals surface area contributed by atoms with Crippen molar-refractivity contribution in [2.75, 3.05) is 57.8 Å². The van der Waals surface area contributed by atoms with Crippen LogP contribution in [0.4, 0.5) is 5.69 Å². The molecule has 180 valence electrons. The highest BCUT2D eigenvalue weighted by Crippen LogP contribution is 2.35. The molecule has 2 saturated heterocycles. The van der Waals surface area contributed by atoms with Crippen LogP contribution in [0.15, 0.2) is 66.7 Å². The number of hydrogen-bond donors (Lipinski definition) is 0. The van der Waals surface area contributed by atoms with Gasteiger partial charge in [0, 0.05) is 50.3 Å². The van der Waals surface area contributed by atoms with E-state index in [9.17, 15) is 10.1 Å². The minimum absolute atomic E-state index is 0.00702. The molecule has 6 nitrogen and oxygen atoms in total. The number of carbonyl (C=O) groups excluding carboxylic acids is 1. The van der Waals surface area contributed by atoms with Gasteiger partial charge in [-0.2, -0.15) is 5.26 Å². The minimum atomic E-state index is -0.517. The number of hydrogen-bond acceptors (Lipinski definition) is 5. The lowest BCUT2D eigenvalue weighted by molar-refractivity contribution is -0.134. The van der Waals surface area contributed by atoms with Gasteiger partial charge in [-0.25, -0.2) is 0 Å². The van der Waals surface area contributed by atoms with E-state index in [1.54, 1.807) is 0 Å². The van der Waals surface area contributed by atoms with Crippen LogP contribution >= 0.6 is 0 Å². The van der Waals surface area contributed by atoms with E-state index < -0.39 is 5.41 Å². The average Bonchev–Trinajstić information content (AvgIpc) is 2.92. The second-order valence-electron chi connectivity index (χ2n) is 9.68. The highest BCUT2D eigenvalue weighted by molar-refractivity contribution is 5.95. The van der Waals surface area contributed by atoms with E-state index in [1.807, 2.05) is 41.3 Å². The Labute approximate surface area is 207 Å².